The van der Waals surface area contributed by atoms with Gasteiger partial charge in [0.15, 0.2) is 11.8 Å². The van der Waals surface area contributed by atoms with Crippen molar-refractivity contribution in [1.29, 1.82) is 0 Å². The SMILES string of the molecule is O=C(NC(Cc1ccc(-c2ccccc2)cc1)C[C@@H](O)C(=O)O)c1cc(C(=O)O)n(Cc2ccc(F)c(Cl)c2)n1. The van der Waals surface area contributed by atoms with Crippen molar-refractivity contribution in [3.63, 3.8) is 0 Å². The molecule has 1 heterocycles. The Morgan fingerprint density at radius 3 is 2.20 bits per heavy atom. The number of hydrogen-bond donors (Lipinski definition) is 4. The van der Waals surface area contributed by atoms with Crippen molar-refractivity contribution in [3.05, 3.63) is 112 Å². The van der Waals surface area contributed by atoms with Crippen LogP contribution in [-0.4, -0.2) is 55.1 Å². The number of amides is 1. The molecule has 2 atom stereocenters. The molecule has 206 valence electrons. The molecule has 0 aliphatic heterocycles. The first-order valence-electron chi connectivity index (χ1n) is 12.2. The number of halogens is 2. The maximum Gasteiger partial charge on any atom is 0.354 e. The third-order valence-electron chi connectivity index (χ3n) is 6.22. The highest BCUT2D eigenvalue weighted by Crippen LogP contribution is 2.21. The third kappa shape index (κ3) is 7.10. The first-order valence-corrected chi connectivity index (χ1v) is 12.6. The Labute approximate surface area is 233 Å². The number of nitrogens with zero attached hydrogens (tertiary/aromatic N) is 2. The molecule has 1 amide bonds. The number of aromatic nitrogens is 2. The predicted molar refractivity (Wildman–Crippen MR) is 145 cm³/mol. The minimum absolute atomic E-state index is 0.0934. The number of benzene rings is 3. The van der Waals surface area contributed by atoms with E-state index in [9.17, 15) is 34.1 Å². The number of carboxylic acid groups (broad SMARTS) is 2. The second-order valence-electron chi connectivity index (χ2n) is 9.15. The fourth-order valence-corrected chi connectivity index (χ4v) is 4.41. The smallest absolute Gasteiger partial charge is 0.354 e. The molecule has 4 aromatic rings. The molecular weight excluding hydrogens is 541 g/mol. The van der Waals surface area contributed by atoms with Gasteiger partial charge in [-0.1, -0.05) is 72.3 Å². The van der Waals surface area contributed by atoms with Crippen LogP contribution in [0, 0.1) is 5.82 Å². The maximum atomic E-state index is 13.5. The molecule has 0 fully saturated rings. The summed E-state index contributed by atoms with van der Waals surface area (Å²) in [7, 11) is 0. The first kappa shape index (κ1) is 28.5. The van der Waals surface area contributed by atoms with Crippen LogP contribution < -0.4 is 5.32 Å². The maximum absolute atomic E-state index is 13.5. The van der Waals surface area contributed by atoms with Crippen LogP contribution >= 0.6 is 11.6 Å². The van der Waals surface area contributed by atoms with Crippen molar-refractivity contribution in [2.24, 2.45) is 0 Å². The number of aliphatic carboxylic acids is 1. The molecule has 0 radical (unpaired) electrons. The summed E-state index contributed by atoms with van der Waals surface area (Å²) in [5.41, 5.74) is 2.74. The molecule has 0 aliphatic carbocycles. The van der Waals surface area contributed by atoms with Gasteiger partial charge in [-0.05, 0) is 40.8 Å². The molecule has 4 rings (SSSR count). The summed E-state index contributed by atoms with van der Waals surface area (Å²) in [6.07, 6.45) is -1.82. The molecule has 11 heteroatoms. The van der Waals surface area contributed by atoms with Gasteiger partial charge in [-0.15, -0.1) is 0 Å². The highest BCUT2D eigenvalue weighted by Gasteiger charge is 2.25. The van der Waals surface area contributed by atoms with Gasteiger partial charge in [-0.25, -0.2) is 14.0 Å². The Bertz CT molecular complexity index is 1520. The summed E-state index contributed by atoms with van der Waals surface area (Å²) in [6.45, 7) is -0.0934. The van der Waals surface area contributed by atoms with Crippen molar-refractivity contribution in [1.82, 2.24) is 15.1 Å². The molecule has 3 aromatic carbocycles. The summed E-state index contributed by atoms with van der Waals surface area (Å²) < 4.78 is 14.6. The third-order valence-corrected chi connectivity index (χ3v) is 6.51. The fourth-order valence-electron chi connectivity index (χ4n) is 4.20. The van der Waals surface area contributed by atoms with Gasteiger partial charge in [0, 0.05) is 18.5 Å². The molecule has 0 bridgehead atoms. The molecule has 9 nitrogen and oxygen atoms in total. The largest absolute Gasteiger partial charge is 0.479 e. The number of rotatable bonds is 11. The van der Waals surface area contributed by atoms with Crippen LogP contribution in [0.3, 0.4) is 0 Å². The number of nitrogens with one attached hydrogen (secondary N) is 1. The van der Waals surface area contributed by atoms with E-state index < -0.39 is 35.8 Å². The second kappa shape index (κ2) is 12.5. The lowest BCUT2D eigenvalue weighted by atomic mass is 9.97. The quantitative estimate of drug-likeness (QED) is 0.213. The fraction of sp³-hybridized carbons (Fsp3) is 0.172. The zero-order valence-corrected chi connectivity index (χ0v) is 21.8. The molecule has 1 unspecified atom stereocenters. The number of carbonyl (C=O) groups excluding carboxylic acids is 1. The molecule has 40 heavy (non-hydrogen) atoms. The molecule has 0 saturated carbocycles. The zero-order valence-electron chi connectivity index (χ0n) is 21.0. The first-order chi connectivity index (χ1) is 19.1. The number of hydrogen-bond acceptors (Lipinski definition) is 5. The lowest BCUT2D eigenvalue weighted by Gasteiger charge is -2.20. The number of aliphatic hydroxyl groups excluding tert-OH is 1. The van der Waals surface area contributed by atoms with Gasteiger partial charge >= 0.3 is 11.9 Å². The minimum atomic E-state index is -1.73. The lowest BCUT2D eigenvalue weighted by molar-refractivity contribution is -0.147. The van der Waals surface area contributed by atoms with Crippen molar-refractivity contribution < 1.29 is 34.1 Å². The van der Waals surface area contributed by atoms with Crippen molar-refractivity contribution in [2.45, 2.75) is 31.5 Å². The van der Waals surface area contributed by atoms with E-state index in [-0.39, 0.29) is 35.8 Å². The zero-order chi connectivity index (χ0) is 28.8. The Balaban J connectivity index is 1.53. The standard InChI is InChI=1S/C29H25ClFN3O6/c30-22-13-18(8-11-23(22)31)16-34-25(28(37)38)15-24(33-34)27(36)32-21(14-26(35)29(39)40)12-17-6-9-20(10-7-17)19-4-2-1-3-5-19/h1-11,13,15,21,26,35H,12,14,16H2,(H,32,36)(H,37,38)(H,39,40)/t21?,26-/m1/s1. The van der Waals surface area contributed by atoms with E-state index in [2.05, 4.69) is 10.4 Å². The van der Waals surface area contributed by atoms with Crippen molar-refractivity contribution >= 4 is 29.4 Å². The summed E-state index contributed by atoms with van der Waals surface area (Å²) in [5.74, 6) is -4.15. The highest BCUT2D eigenvalue weighted by atomic mass is 35.5. The summed E-state index contributed by atoms with van der Waals surface area (Å²) in [4.78, 5) is 36.2. The average molecular weight is 566 g/mol. The summed E-state index contributed by atoms with van der Waals surface area (Å²) in [6, 6.07) is 21.4. The molecule has 4 N–H and O–H groups in total. The molecule has 0 aliphatic rings. The van der Waals surface area contributed by atoms with Gasteiger partial charge < -0.3 is 20.6 Å². The number of aromatic carboxylic acids is 1. The van der Waals surface area contributed by atoms with Crippen LogP contribution in [0.1, 0.15) is 38.5 Å². The van der Waals surface area contributed by atoms with Crippen LogP contribution in [0.5, 0.6) is 0 Å². The van der Waals surface area contributed by atoms with E-state index in [1.54, 1.807) is 0 Å². The number of carboxylic acids is 2. The van der Waals surface area contributed by atoms with Gasteiger partial charge in [0.05, 0.1) is 11.6 Å². The van der Waals surface area contributed by atoms with E-state index >= 15 is 0 Å². The minimum Gasteiger partial charge on any atom is -0.479 e. The highest BCUT2D eigenvalue weighted by molar-refractivity contribution is 6.30. The van der Waals surface area contributed by atoms with Crippen LogP contribution in [0.25, 0.3) is 11.1 Å². The predicted octanol–water partition coefficient (Wildman–Crippen LogP) is 4.27. The molecule has 0 spiro atoms. The lowest BCUT2D eigenvalue weighted by Crippen LogP contribution is -2.40. The van der Waals surface area contributed by atoms with E-state index in [1.165, 1.54) is 12.1 Å². The molecule has 1 aromatic heterocycles. The van der Waals surface area contributed by atoms with E-state index in [0.29, 0.717) is 5.56 Å². The molecular formula is C29H25ClFN3O6. The van der Waals surface area contributed by atoms with Crippen molar-refractivity contribution in [3.8, 4) is 11.1 Å². The Morgan fingerprint density at radius 1 is 0.925 bits per heavy atom. The van der Waals surface area contributed by atoms with E-state index in [0.717, 1.165) is 33.5 Å². The Kier molecular flexibility index (Phi) is 8.93. The Morgan fingerprint density at radius 2 is 1.57 bits per heavy atom. The van der Waals surface area contributed by atoms with Crippen LogP contribution in [0.4, 0.5) is 4.39 Å². The van der Waals surface area contributed by atoms with Gasteiger partial charge in [-0.2, -0.15) is 5.10 Å². The second-order valence-corrected chi connectivity index (χ2v) is 9.56. The average Bonchev–Trinajstić information content (AvgIpc) is 3.36. The van der Waals surface area contributed by atoms with Crippen molar-refractivity contribution in [2.75, 3.05) is 0 Å². The Hall–Kier alpha value is -4.54. The van der Waals surface area contributed by atoms with Gasteiger partial charge in [0.1, 0.15) is 11.5 Å². The topological polar surface area (TPSA) is 142 Å². The summed E-state index contributed by atoms with van der Waals surface area (Å²) >= 11 is 5.82. The number of carbonyl (C=O) groups is 3. The summed E-state index contributed by atoms with van der Waals surface area (Å²) in [5, 5.41) is 35.5. The van der Waals surface area contributed by atoms with Crippen LogP contribution in [0.2, 0.25) is 5.02 Å². The van der Waals surface area contributed by atoms with E-state index in [1.807, 2.05) is 54.6 Å². The molecule has 0 saturated heterocycles. The van der Waals surface area contributed by atoms with Crippen LogP contribution in [-0.2, 0) is 17.8 Å². The van der Waals surface area contributed by atoms with Gasteiger partial charge in [-0.3, -0.25) is 9.48 Å². The number of aliphatic hydroxyl groups is 1. The van der Waals surface area contributed by atoms with Gasteiger partial charge in [0.25, 0.3) is 5.91 Å². The van der Waals surface area contributed by atoms with E-state index in [4.69, 9.17) is 11.6 Å². The van der Waals surface area contributed by atoms with Crippen LogP contribution in [0.15, 0.2) is 78.9 Å². The monoisotopic (exact) mass is 565 g/mol. The normalized spacial score (nSPS) is 12.5. The van der Waals surface area contributed by atoms with Gasteiger partial charge in [0.2, 0.25) is 0 Å².